The fourth-order valence-electron chi connectivity index (χ4n) is 1.72. The number of hydrogen-bond acceptors (Lipinski definition) is 7. The van der Waals surface area contributed by atoms with Crippen LogP contribution in [0.3, 0.4) is 0 Å². The molecule has 21 heavy (non-hydrogen) atoms. The topological polar surface area (TPSA) is 137 Å². The number of nitrogens with one attached hydrogen (secondary N) is 2. The lowest BCUT2D eigenvalue weighted by molar-refractivity contribution is -0.252. The van der Waals surface area contributed by atoms with Gasteiger partial charge in [-0.15, -0.1) is 0 Å². The summed E-state index contributed by atoms with van der Waals surface area (Å²) in [6.45, 7) is 3.59. The molecule has 0 aromatic heterocycles. The highest BCUT2D eigenvalue weighted by atomic mass is 16.7. The van der Waals surface area contributed by atoms with Gasteiger partial charge in [-0.25, -0.2) is 0 Å². The second-order valence-corrected chi connectivity index (χ2v) is 4.61. The quantitative estimate of drug-likeness (QED) is 0.319. The molecule has 0 aromatic rings. The molecule has 0 radical (unpaired) electrons. The first kappa shape index (κ1) is 17.4. The van der Waals surface area contributed by atoms with E-state index in [-0.39, 0.29) is 25.5 Å². The van der Waals surface area contributed by atoms with E-state index in [0.29, 0.717) is 25.0 Å². The number of rotatable bonds is 8. The van der Waals surface area contributed by atoms with E-state index in [9.17, 15) is 19.8 Å². The Morgan fingerprint density at radius 3 is 2.43 bits per heavy atom. The van der Waals surface area contributed by atoms with Gasteiger partial charge in [0.05, 0.1) is 13.1 Å². The molecule has 1 aliphatic rings. The van der Waals surface area contributed by atoms with E-state index < -0.39 is 18.4 Å². The van der Waals surface area contributed by atoms with Crippen LogP contribution in [0.2, 0.25) is 0 Å². The number of aliphatic hydroxyl groups excluding tert-OH is 2. The van der Waals surface area contributed by atoms with Crippen LogP contribution in [0.25, 0.3) is 0 Å². The Kier molecular flexibility index (Phi) is 7.09. The molecule has 2 amide bonds. The number of nitrogens with zero attached hydrogens (tertiary/aromatic N) is 1. The van der Waals surface area contributed by atoms with Crippen LogP contribution < -0.4 is 16.4 Å². The number of amides is 2. The molecule has 0 aliphatic carbocycles. The smallest absolute Gasteiger partial charge is 0.239 e. The fourth-order valence-corrected chi connectivity index (χ4v) is 1.72. The SMILES string of the molecule is C=C(CCNC(=O)CNC(=O)CN)ON1[C@H](O)CC[C@@H]1O. The van der Waals surface area contributed by atoms with Crippen LogP contribution in [0.1, 0.15) is 19.3 Å². The minimum Gasteiger partial charge on any atom is -0.406 e. The molecule has 9 nitrogen and oxygen atoms in total. The van der Waals surface area contributed by atoms with Crippen molar-refractivity contribution in [2.45, 2.75) is 31.7 Å². The van der Waals surface area contributed by atoms with Crippen molar-refractivity contribution >= 4 is 11.8 Å². The zero-order valence-electron chi connectivity index (χ0n) is 11.7. The number of nitrogens with two attached hydrogens (primary N) is 1. The van der Waals surface area contributed by atoms with Gasteiger partial charge in [0.15, 0.2) is 0 Å². The molecule has 0 saturated carbocycles. The number of carbonyl (C=O) groups is 2. The standard InChI is InChI=1S/C12H22N4O5/c1-8(21-16-11(19)2-3-12(16)20)4-5-14-10(18)7-15-9(17)6-13/h11-12,19-20H,1-7,13H2,(H,14,18)(H,15,17)/t11-,12+. The van der Waals surface area contributed by atoms with Crippen molar-refractivity contribution in [2.75, 3.05) is 19.6 Å². The Morgan fingerprint density at radius 1 is 1.24 bits per heavy atom. The lowest BCUT2D eigenvalue weighted by atomic mass is 10.3. The Labute approximate surface area is 122 Å². The third-order valence-electron chi connectivity index (χ3n) is 2.86. The van der Waals surface area contributed by atoms with Crippen LogP contribution in [0.15, 0.2) is 12.3 Å². The van der Waals surface area contributed by atoms with Gasteiger partial charge in [0.1, 0.15) is 18.2 Å². The van der Waals surface area contributed by atoms with Crippen molar-refractivity contribution in [3.05, 3.63) is 12.3 Å². The molecular formula is C12H22N4O5. The van der Waals surface area contributed by atoms with Crippen LogP contribution in [-0.2, 0) is 14.4 Å². The summed E-state index contributed by atoms with van der Waals surface area (Å²) >= 11 is 0. The van der Waals surface area contributed by atoms with Crippen molar-refractivity contribution in [2.24, 2.45) is 5.73 Å². The van der Waals surface area contributed by atoms with E-state index in [1.165, 1.54) is 0 Å². The maximum absolute atomic E-state index is 11.4. The number of carbonyl (C=O) groups excluding carboxylic acids is 2. The summed E-state index contributed by atoms with van der Waals surface area (Å²) in [5.74, 6) is -0.456. The van der Waals surface area contributed by atoms with Crippen molar-refractivity contribution in [1.29, 1.82) is 0 Å². The largest absolute Gasteiger partial charge is 0.406 e. The predicted octanol–water partition coefficient (Wildman–Crippen LogP) is -2.25. The number of hydroxylamine groups is 2. The van der Waals surface area contributed by atoms with Gasteiger partial charge < -0.3 is 31.4 Å². The lowest BCUT2D eigenvalue weighted by Crippen LogP contribution is -2.40. The first-order chi connectivity index (χ1) is 9.93. The van der Waals surface area contributed by atoms with Gasteiger partial charge in [-0.2, -0.15) is 0 Å². The average molecular weight is 302 g/mol. The minimum absolute atomic E-state index is 0.146. The van der Waals surface area contributed by atoms with Crippen molar-refractivity contribution < 1.29 is 24.6 Å². The molecule has 1 fully saturated rings. The van der Waals surface area contributed by atoms with Gasteiger partial charge in [-0.05, 0) is 12.8 Å². The number of aliphatic hydroxyl groups is 2. The summed E-state index contributed by atoms with van der Waals surface area (Å²) < 4.78 is 0. The molecule has 9 heteroatoms. The van der Waals surface area contributed by atoms with Crippen LogP contribution in [0, 0.1) is 0 Å². The van der Waals surface area contributed by atoms with E-state index in [0.717, 1.165) is 5.06 Å². The van der Waals surface area contributed by atoms with Crippen LogP contribution >= 0.6 is 0 Å². The second-order valence-electron chi connectivity index (χ2n) is 4.61. The highest BCUT2D eigenvalue weighted by Gasteiger charge is 2.32. The Bertz CT molecular complexity index is 380. The molecule has 0 bridgehead atoms. The Balaban J connectivity index is 2.16. The molecule has 1 aliphatic heterocycles. The first-order valence-corrected chi connectivity index (χ1v) is 6.67. The molecule has 1 heterocycles. The molecular weight excluding hydrogens is 280 g/mol. The highest BCUT2D eigenvalue weighted by Crippen LogP contribution is 2.22. The molecule has 1 saturated heterocycles. The van der Waals surface area contributed by atoms with Crippen LogP contribution in [-0.4, -0.2) is 59.2 Å². The molecule has 2 atom stereocenters. The number of hydrogen-bond donors (Lipinski definition) is 5. The molecule has 120 valence electrons. The third kappa shape index (κ3) is 6.08. The molecule has 0 aromatic carbocycles. The zero-order valence-corrected chi connectivity index (χ0v) is 11.7. The van der Waals surface area contributed by atoms with Crippen molar-refractivity contribution in [3.8, 4) is 0 Å². The Morgan fingerprint density at radius 2 is 1.86 bits per heavy atom. The first-order valence-electron chi connectivity index (χ1n) is 6.67. The van der Waals surface area contributed by atoms with E-state index in [2.05, 4.69) is 17.2 Å². The molecule has 0 spiro atoms. The highest BCUT2D eigenvalue weighted by molar-refractivity contribution is 5.85. The molecule has 6 N–H and O–H groups in total. The van der Waals surface area contributed by atoms with Gasteiger partial charge in [0.25, 0.3) is 0 Å². The van der Waals surface area contributed by atoms with Gasteiger partial charge in [0.2, 0.25) is 11.8 Å². The van der Waals surface area contributed by atoms with Gasteiger partial charge in [0, 0.05) is 13.0 Å². The van der Waals surface area contributed by atoms with Crippen molar-refractivity contribution in [3.63, 3.8) is 0 Å². The van der Waals surface area contributed by atoms with Crippen LogP contribution in [0.4, 0.5) is 0 Å². The fraction of sp³-hybridized carbons (Fsp3) is 0.667. The summed E-state index contributed by atoms with van der Waals surface area (Å²) in [7, 11) is 0. The average Bonchev–Trinajstić information content (AvgIpc) is 2.76. The summed E-state index contributed by atoms with van der Waals surface area (Å²) in [6.07, 6.45) is -0.569. The summed E-state index contributed by atoms with van der Waals surface area (Å²) in [4.78, 5) is 27.5. The lowest BCUT2D eigenvalue weighted by Gasteiger charge is -2.24. The summed E-state index contributed by atoms with van der Waals surface area (Å²) in [5.41, 5.74) is 5.08. The van der Waals surface area contributed by atoms with E-state index in [4.69, 9.17) is 10.6 Å². The maximum Gasteiger partial charge on any atom is 0.239 e. The second kappa shape index (κ2) is 8.57. The van der Waals surface area contributed by atoms with Crippen LogP contribution in [0.5, 0.6) is 0 Å². The summed E-state index contributed by atoms with van der Waals surface area (Å²) in [6, 6.07) is 0. The van der Waals surface area contributed by atoms with E-state index in [1.54, 1.807) is 0 Å². The monoisotopic (exact) mass is 302 g/mol. The van der Waals surface area contributed by atoms with E-state index >= 15 is 0 Å². The molecule has 1 rings (SSSR count). The van der Waals surface area contributed by atoms with Gasteiger partial charge >= 0.3 is 0 Å². The molecule has 0 unspecified atom stereocenters. The van der Waals surface area contributed by atoms with E-state index in [1.807, 2.05) is 0 Å². The van der Waals surface area contributed by atoms with Gasteiger partial charge in [-0.1, -0.05) is 11.6 Å². The minimum atomic E-state index is -0.863. The predicted molar refractivity (Wildman–Crippen MR) is 73.0 cm³/mol. The van der Waals surface area contributed by atoms with Crippen molar-refractivity contribution in [1.82, 2.24) is 15.7 Å². The third-order valence-corrected chi connectivity index (χ3v) is 2.86. The zero-order chi connectivity index (χ0) is 15.8. The Hall–Kier alpha value is -1.68. The summed E-state index contributed by atoms with van der Waals surface area (Å²) in [5, 5.41) is 25.1. The maximum atomic E-state index is 11.4. The normalized spacial score (nSPS) is 21.9. The van der Waals surface area contributed by atoms with Gasteiger partial charge in [-0.3, -0.25) is 9.59 Å².